The molecular weight excluding hydrogens is 287 g/mol. The minimum atomic E-state index is -0.650. The molecular formula is C16H25FN2O3. The molecule has 0 aromatic heterocycles. The fourth-order valence-corrected chi connectivity index (χ4v) is 2.16. The third-order valence-corrected chi connectivity index (χ3v) is 3.32. The van der Waals surface area contributed by atoms with Crippen LogP contribution in [0.1, 0.15) is 39.2 Å². The third kappa shape index (κ3) is 5.52. The predicted molar refractivity (Wildman–Crippen MR) is 83.3 cm³/mol. The van der Waals surface area contributed by atoms with Gasteiger partial charge in [0.05, 0.1) is 18.8 Å². The number of halogens is 1. The van der Waals surface area contributed by atoms with E-state index in [1.165, 1.54) is 6.07 Å². The summed E-state index contributed by atoms with van der Waals surface area (Å²) in [6, 6.07) is 4.19. The Morgan fingerprint density at radius 3 is 2.68 bits per heavy atom. The van der Waals surface area contributed by atoms with Crippen molar-refractivity contribution in [1.82, 2.24) is 10.6 Å². The van der Waals surface area contributed by atoms with Crippen LogP contribution >= 0.6 is 0 Å². The zero-order chi connectivity index (χ0) is 16.6. The molecule has 1 aromatic rings. The summed E-state index contributed by atoms with van der Waals surface area (Å²) in [7, 11) is 0. The van der Waals surface area contributed by atoms with Crippen molar-refractivity contribution in [2.45, 2.75) is 45.7 Å². The molecule has 5 nitrogen and oxygen atoms in total. The second-order valence-corrected chi connectivity index (χ2v) is 5.47. The smallest absolute Gasteiger partial charge is 0.315 e. The molecule has 22 heavy (non-hydrogen) atoms. The number of urea groups is 1. The number of rotatable bonds is 8. The highest BCUT2D eigenvalue weighted by Gasteiger charge is 2.24. The quantitative estimate of drug-likeness (QED) is 0.691. The van der Waals surface area contributed by atoms with Crippen molar-refractivity contribution in [3.8, 4) is 5.75 Å². The van der Waals surface area contributed by atoms with Gasteiger partial charge in [-0.15, -0.1) is 0 Å². The maximum atomic E-state index is 13.7. The Hall–Kier alpha value is -1.82. The summed E-state index contributed by atoms with van der Waals surface area (Å²) in [5, 5.41) is 14.8. The molecule has 0 aliphatic carbocycles. The number of nitrogens with one attached hydrogen (secondary N) is 2. The van der Waals surface area contributed by atoms with Gasteiger partial charge in [0.25, 0.3) is 0 Å². The lowest BCUT2D eigenvalue weighted by atomic mass is 9.98. The molecule has 3 N–H and O–H groups in total. The van der Waals surface area contributed by atoms with Gasteiger partial charge < -0.3 is 20.5 Å². The Morgan fingerprint density at radius 2 is 2.14 bits per heavy atom. The van der Waals surface area contributed by atoms with Gasteiger partial charge in [0.15, 0.2) is 11.6 Å². The molecule has 0 aliphatic heterocycles. The number of carbonyl (C=O) groups excluding carboxylic acids is 1. The Balaban J connectivity index is 2.55. The molecule has 0 heterocycles. The molecule has 0 spiro atoms. The van der Waals surface area contributed by atoms with Gasteiger partial charge in [-0.2, -0.15) is 0 Å². The van der Waals surface area contributed by atoms with Gasteiger partial charge in [-0.1, -0.05) is 19.4 Å². The first-order chi connectivity index (χ1) is 10.4. The molecule has 0 saturated heterocycles. The number of carbonyl (C=O) groups is 1. The van der Waals surface area contributed by atoms with Crippen molar-refractivity contribution in [3.63, 3.8) is 0 Å². The Kier molecular flexibility index (Phi) is 7.11. The van der Waals surface area contributed by atoms with Crippen LogP contribution in [0.5, 0.6) is 5.75 Å². The number of hydrogen-bond donors (Lipinski definition) is 3. The van der Waals surface area contributed by atoms with E-state index in [4.69, 9.17) is 4.74 Å². The lowest BCUT2D eigenvalue weighted by Gasteiger charge is -2.28. The van der Waals surface area contributed by atoms with E-state index in [1.54, 1.807) is 26.0 Å². The van der Waals surface area contributed by atoms with E-state index in [0.29, 0.717) is 18.6 Å². The number of aliphatic hydroxyl groups is 1. The number of benzene rings is 1. The molecule has 2 amide bonds. The van der Waals surface area contributed by atoms with Crippen molar-refractivity contribution >= 4 is 6.03 Å². The van der Waals surface area contributed by atoms with Gasteiger partial charge in [0, 0.05) is 6.54 Å². The fourth-order valence-electron chi connectivity index (χ4n) is 2.16. The van der Waals surface area contributed by atoms with Crippen LogP contribution < -0.4 is 15.4 Å². The van der Waals surface area contributed by atoms with Gasteiger partial charge >= 0.3 is 6.03 Å². The number of aliphatic hydroxyl groups excluding tert-OH is 1. The maximum absolute atomic E-state index is 13.7. The van der Waals surface area contributed by atoms with Crippen LogP contribution in [-0.2, 0) is 6.54 Å². The lowest BCUT2D eigenvalue weighted by molar-refractivity contribution is 0.163. The summed E-state index contributed by atoms with van der Waals surface area (Å²) in [5.74, 6) is -0.251. The van der Waals surface area contributed by atoms with Crippen LogP contribution in [0.2, 0.25) is 0 Å². The number of hydrogen-bond acceptors (Lipinski definition) is 3. The van der Waals surface area contributed by atoms with Crippen molar-refractivity contribution in [2.75, 3.05) is 13.2 Å². The van der Waals surface area contributed by atoms with Gasteiger partial charge in [-0.05, 0) is 38.0 Å². The topological polar surface area (TPSA) is 70.6 Å². The molecule has 6 heteroatoms. The van der Waals surface area contributed by atoms with Gasteiger partial charge in [0.2, 0.25) is 0 Å². The fraction of sp³-hybridized carbons (Fsp3) is 0.562. The van der Waals surface area contributed by atoms with Crippen LogP contribution in [0.3, 0.4) is 0 Å². The SMILES string of the molecule is CCCC(C)(CO)NC(=O)NCc1ccc(OCC)c(F)c1. The van der Waals surface area contributed by atoms with E-state index in [9.17, 15) is 14.3 Å². The molecule has 0 radical (unpaired) electrons. The summed E-state index contributed by atoms with van der Waals surface area (Å²) < 4.78 is 18.8. The average molecular weight is 312 g/mol. The minimum Gasteiger partial charge on any atom is -0.491 e. The molecule has 1 rings (SSSR count). The van der Waals surface area contributed by atoms with E-state index in [-0.39, 0.29) is 24.9 Å². The molecule has 124 valence electrons. The predicted octanol–water partition coefficient (Wildman–Crippen LogP) is 2.57. The van der Waals surface area contributed by atoms with Crippen molar-refractivity contribution in [2.24, 2.45) is 0 Å². The van der Waals surface area contributed by atoms with Crippen LogP contribution in [0.4, 0.5) is 9.18 Å². The van der Waals surface area contributed by atoms with E-state index in [2.05, 4.69) is 10.6 Å². The van der Waals surface area contributed by atoms with E-state index in [0.717, 1.165) is 6.42 Å². The summed E-state index contributed by atoms with van der Waals surface area (Å²) in [6.07, 6.45) is 1.52. The molecule has 1 aromatic carbocycles. The van der Waals surface area contributed by atoms with Crippen LogP contribution in [0.15, 0.2) is 18.2 Å². The normalized spacial score (nSPS) is 13.3. The first-order valence-electron chi connectivity index (χ1n) is 7.52. The summed E-state index contributed by atoms with van der Waals surface area (Å²) in [6.45, 7) is 6.01. The average Bonchev–Trinajstić information content (AvgIpc) is 2.48. The first kappa shape index (κ1) is 18.2. The van der Waals surface area contributed by atoms with Crippen molar-refractivity contribution < 1.29 is 19.0 Å². The molecule has 0 bridgehead atoms. The highest BCUT2D eigenvalue weighted by Crippen LogP contribution is 2.18. The van der Waals surface area contributed by atoms with E-state index >= 15 is 0 Å². The highest BCUT2D eigenvalue weighted by atomic mass is 19.1. The largest absolute Gasteiger partial charge is 0.491 e. The zero-order valence-corrected chi connectivity index (χ0v) is 13.4. The third-order valence-electron chi connectivity index (χ3n) is 3.32. The molecule has 1 atom stereocenters. The summed E-state index contributed by atoms with van der Waals surface area (Å²) >= 11 is 0. The van der Waals surface area contributed by atoms with Gasteiger partial charge in [-0.3, -0.25) is 0 Å². The van der Waals surface area contributed by atoms with Crippen LogP contribution in [0, 0.1) is 5.82 Å². The van der Waals surface area contributed by atoms with Gasteiger partial charge in [0.1, 0.15) is 0 Å². The number of ether oxygens (including phenoxy) is 1. The van der Waals surface area contributed by atoms with E-state index in [1.807, 2.05) is 6.92 Å². The van der Waals surface area contributed by atoms with E-state index < -0.39 is 11.4 Å². The second-order valence-electron chi connectivity index (χ2n) is 5.47. The zero-order valence-electron chi connectivity index (χ0n) is 13.4. The Morgan fingerprint density at radius 1 is 1.41 bits per heavy atom. The van der Waals surface area contributed by atoms with Crippen molar-refractivity contribution in [1.29, 1.82) is 0 Å². The second kappa shape index (κ2) is 8.58. The maximum Gasteiger partial charge on any atom is 0.315 e. The standard InChI is InChI=1S/C16H25FN2O3/c1-4-8-16(3,11-20)19-15(21)18-10-12-6-7-14(22-5-2)13(17)9-12/h6-7,9,20H,4-5,8,10-11H2,1-3H3,(H2,18,19,21). The molecule has 0 saturated carbocycles. The Bertz CT molecular complexity index is 496. The van der Waals surface area contributed by atoms with Crippen LogP contribution in [-0.4, -0.2) is 29.9 Å². The minimum absolute atomic E-state index is 0.133. The molecule has 0 fully saturated rings. The monoisotopic (exact) mass is 312 g/mol. The van der Waals surface area contributed by atoms with Crippen LogP contribution in [0.25, 0.3) is 0 Å². The highest BCUT2D eigenvalue weighted by molar-refractivity contribution is 5.74. The number of amides is 2. The van der Waals surface area contributed by atoms with Crippen molar-refractivity contribution in [3.05, 3.63) is 29.6 Å². The first-order valence-corrected chi connectivity index (χ1v) is 7.52. The van der Waals surface area contributed by atoms with Gasteiger partial charge in [-0.25, -0.2) is 9.18 Å². The lowest BCUT2D eigenvalue weighted by Crippen LogP contribution is -2.52. The Labute approximate surface area is 130 Å². The summed E-state index contributed by atoms with van der Waals surface area (Å²) in [5.41, 5.74) is -0.0135. The summed E-state index contributed by atoms with van der Waals surface area (Å²) in [4.78, 5) is 11.9. The molecule has 0 aliphatic rings. The molecule has 1 unspecified atom stereocenters.